The Hall–Kier alpha value is -3.44. The van der Waals surface area contributed by atoms with Crippen molar-refractivity contribution < 1.29 is 32.2 Å². The number of esters is 1. The van der Waals surface area contributed by atoms with Crippen LogP contribution in [-0.4, -0.2) is 48.8 Å². The molecule has 0 saturated carbocycles. The topological polar surface area (TPSA) is 79.9 Å². The third-order valence-electron chi connectivity index (χ3n) is 5.61. The number of anilines is 1. The molecule has 0 aliphatic carbocycles. The van der Waals surface area contributed by atoms with Gasteiger partial charge in [-0.15, -0.1) is 0 Å². The van der Waals surface area contributed by atoms with Crippen molar-refractivity contribution in [3.63, 3.8) is 0 Å². The Balaban J connectivity index is 1.82. The van der Waals surface area contributed by atoms with Crippen molar-refractivity contribution in [2.75, 3.05) is 32.2 Å². The van der Waals surface area contributed by atoms with Crippen molar-refractivity contribution in [3.05, 3.63) is 76.5 Å². The van der Waals surface area contributed by atoms with Crippen LogP contribution in [0.1, 0.15) is 41.4 Å². The maximum atomic E-state index is 13.0. The van der Waals surface area contributed by atoms with Crippen molar-refractivity contribution in [1.29, 1.82) is 0 Å². The lowest BCUT2D eigenvalue weighted by molar-refractivity contribution is -0.141. The van der Waals surface area contributed by atoms with E-state index in [9.17, 15) is 22.8 Å². The van der Waals surface area contributed by atoms with Crippen LogP contribution in [0.4, 0.5) is 18.9 Å². The molecular weight excluding hydrogens is 495 g/mol. The first-order chi connectivity index (χ1) is 17.1. The summed E-state index contributed by atoms with van der Waals surface area (Å²) >= 11 is 5.47. The Kier molecular flexibility index (Phi) is 8.70. The van der Waals surface area contributed by atoms with E-state index in [1.165, 1.54) is 19.2 Å². The van der Waals surface area contributed by atoms with E-state index in [0.29, 0.717) is 34.2 Å². The molecule has 1 heterocycles. The summed E-state index contributed by atoms with van der Waals surface area (Å²) in [6.07, 6.45) is -4.55. The summed E-state index contributed by atoms with van der Waals surface area (Å²) in [5.41, 5.74) is 1.09. The highest BCUT2D eigenvalue weighted by Gasteiger charge is 2.34. The number of rotatable bonds is 8. The second-order valence-electron chi connectivity index (χ2n) is 7.91. The lowest BCUT2D eigenvalue weighted by atomic mass is 9.95. The summed E-state index contributed by atoms with van der Waals surface area (Å²) in [5.74, 6) is -1.19. The highest BCUT2D eigenvalue weighted by atomic mass is 32.1. The maximum Gasteiger partial charge on any atom is 0.416 e. The summed E-state index contributed by atoms with van der Waals surface area (Å²) in [6.45, 7) is 4.61. The van der Waals surface area contributed by atoms with E-state index in [1.807, 2.05) is 6.92 Å². The molecule has 1 unspecified atom stereocenters. The van der Waals surface area contributed by atoms with E-state index in [0.717, 1.165) is 12.1 Å². The Morgan fingerprint density at radius 3 is 2.44 bits per heavy atom. The van der Waals surface area contributed by atoms with Gasteiger partial charge in [0.15, 0.2) is 5.11 Å². The normalized spacial score (nSPS) is 16.0. The molecule has 0 saturated heterocycles. The van der Waals surface area contributed by atoms with E-state index in [-0.39, 0.29) is 18.8 Å². The minimum absolute atomic E-state index is 0.0932. The fourth-order valence-electron chi connectivity index (χ4n) is 3.77. The number of ether oxygens (including phenoxy) is 2. The lowest BCUT2D eigenvalue weighted by Gasteiger charge is -2.37. The number of alkyl halides is 3. The molecule has 0 bridgehead atoms. The zero-order valence-electron chi connectivity index (χ0n) is 19.9. The van der Waals surface area contributed by atoms with Gasteiger partial charge in [-0.05, 0) is 62.0 Å². The van der Waals surface area contributed by atoms with Crippen molar-refractivity contribution in [2.45, 2.75) is 26.1 Å². The van der Waals surface area contributed by atoms with Crippen LogP contribution in [0.5, 0.6) is 0 Å². The highest BCUT2D eigenvalue weighted by Crippen LogP contribution is 2.32. The summed E-state index contributed by atoms with van der Waals surface area (Å²) in [4.78, 5) is 27.2. The molecule has 1 aliphatic rings. The highest BCUT2D eigenvalue weighted by molar-refractivity contribution is 7.80. The van der Waals surface area contributed by atoms with Crippen LogP contribution in [0, 0.1) is 0 Å². The van der Waals surface area contributed by atoms with E-state index in [1.54, 1.807) is 36.1 Å². The van der Waals surface area contributed by atoms with Gasteiger partial charge in [0.1, 0.15) is 6.61 Å². The molecule has 0 aromatic heterocycles. The summed E-state index contributed by atoms with van der Waals surface area (Å²) in [6, 6.07) is 10.2. The van der Waals surface area contributed by atoms with Gasteiger partial charge in [0.2, 0.25) is 0 Å². The van der Waals surface area contributed by atoms with E-state index < -0.39 is 29.7 Å². The molecule has 7 nitrogen and oxygen atoms in total. The molecule has 0 spiro atoms. The second kappa shape index (κ2) is 11.5. The number of carbonyl (C=O) groups excluding carboxylic acids is 2. The second-order valence-corrected chi connectivity index (χ2v) is 8.30. The third-order valence-corrected chi connectivity index (χ3v) is 5.95. The van der Waals surface area contributed by atoms with Crippen LogP contribution >= 0.6 is 12.2 Å². The van der Waals surface area contributed by atoms with Crippen molar-refractivity contribution in [2.24, 2.45) is 0 Å². The minimum Gasteiger partial charge on any atom is -0.460 e. The molecule has 1 aliphatic heterocycles. The Labute approximate surface area is 212 Å². The van der Waals surface area contributed by atoms with E-state index in [4.69, 9.17) is 21.7 Å². The van der Waals surface area contributed by atoms with Gasteiger partial charge in [0.05, 0.1) is 23.8 Å². The number of hydrogen-bond donors (Lipinski definition) is 2. The SMILES string of the molecule is CCN1C(=S)NC(c2ccc(NC(=O)c3cccc(C(F)(F)F)c3)cc2)C(C(=O)OCCOC)=C1C. The van der Waals surface area contributed by atoms with Gasteiger partial charge in [0, 0.05) is 30.6 Å². The average Bonchev–Trinajstić information content (AvgIpc) is 2.84. The standard InChI is InChI=1S/C25H26F3N3O4S/c1-4-31-15(2)20(23(33)35-13-12-34-3)21(30-24(31)36)16-8-10-19(11-9-16)29-22(32)17-6-5-7-18(14-17)25(26,27)28/h5-11,14,21H,4,12-13H2,1-3H3,(H,29,32)(H,30,36). The number of methoxy groups -OCH3 is 1. The smallest absolute Gasteiger partial charge is 0.416 e. The molecule has 3 rings (SSSR count). The largest absolute Gasteiger partial charge is 0.460 e. The molecule has 192 valence electrons. The molecule has 1 amide bonds. The van der Waals surface area contributed by atoms with Crippen LogP contribution < -0.4 is 10.6 Å². The number of amides is 1. The van der Waals surface area contributed by atoms with Crippen molar-refractivity contribution >= 4 is 34.9 Å². The number of benzene rings is 2. The number of halogens is 3. The van der Waals surface area contributed by atoms with Gasteiger partial charge in [-0.25, -0.2) is 4.79 Å². The van der Waals surface area contributed by atoms with Gasteiger partial charge >= 0.3 is 12.1 Å². The third kappa shape index (κ3) is 6.21. The molecule has 2 aromatic rings. The quantitative estimate of drug-likeness (QED) is 0.297. The number of carbonyl (C=O) groups is 2. The number of nitrogens with zero attached hydrogens (tertiary/aromatic N) is 1. The predicted octanol–water partition coefficient (Wildman–Crippen LogP) is 4.67. The first-order valence-electron chi connectivity index (χ1n) is 11.1. The molecule has 0 radical (unpaired) electrons. The fourth-order valence-corrected chi connectivity index (χ4v) is 4.15. The lowest BCUT2D eigenvalue weighted by Crippen LogP contribution is -2.47. The van der Waals surface area contributed by atoms with Gasteiger partial charge in [-0.1, -0.05) is 18.2 Å². The average molecular weight is 522 g/mol. The maximum absolute atomic E-state index is 13.0. The number of thiocarbonyl (C=S) groups is 1. The van der Waals surface area contributed by atoms with Crippen LogP contribution in [0.15, 0.2) is 59.8 Å². The van der Waals surface area contributed by atoms with Crippen LogP contribution in [0.3, 0.4) is 0 Å². The molecule has 36 heavy (non-hydrogen) atoms. The zero-order chi connectivity index (χ0) is 26.5. The zero-order valence-corrected chi connectivity index (χ0v) is 20.8. The van der Waals surface area contributed by atoms with Crippen LogP contribution in [0.2, 0.25) is 0 Å². The van der Waals surface area contributed by atoms with Gasteiger partial charge in [-0.2, -0.15) is 13.2 Å². The number of allylic oxidation sites excluding steroid dienone is 1. The first kappa shape index (κ1) is 27.2. The molecule has 11 heteroatoms. The first-order valence-corrected chi connectivity index (χ1v) is 11.5. The summed E-state index contributed by atoms with van der Waals surface area (Å²) in [7, 11) is 1.51. The molecule has 2 N–H and O–H groups in total. The van der Waals surface area contributed by atoms with E-state index >= 15 is 0 Å². The monoisotopic (exact) mass is 521 g/mol. The molecule has 0 fully saturated rings. The fraction of sp³-hybridized carbons (Fsp3) is 0.320. The predicted molar refractivity (Wildman–Crippen MR) is 132 cm³/mol. The van der Waals surface area contributed by atoms with Gasteiger partial charge < -0.3 is 25.0 Å². The number of nitrogens with one attached hydrogen (secondary N) is 2. The van der Waals surface area contributed by atoms with Crippen LogP contribution in [0.25, 0.3) is 0 Å². The van der Waals surface area contributed by atoms with Crippen molar-refractivity contribution in [3.8, 4) is 0 Å². The van der Waals surface area contributed by atoms with Gasteiger partial charge in [-0.3, -0.25) is 4.79 Å². The summed E-state index contributed by atoms with van der Waals surface area (Å²) in [5, 5.41) is 6.21. The van der Waals surface area contributed by atoms with E-state index in [2.05, 4.69) is 10.6 Å². The Morgan fingerprint density at radius 2 is 1.83 bits per heavy atom. The molecule has 1 atom stereocenters. The van der Waals surface area contributed by atoms with Gasteiger partial charge in [0.25, 0.3) is 5.91 Å². The number of hydrogen-bond acceptors (Lipinski definition) is 5. The summed E-state index contributed by atoms with van der Waals surface area (Å²) < 4.78 is 49.2. The van der Waals surface area contributed by atoms with Crippen molar-refractivity contribution in [1.82, 2.24) is 10.2 Å². The molecular formula is C25H26F3N3O4S. The Bertz CT molecular complexity index is 1170. The minimum atomic E-state index is -4.55. The molecule has 2 aromatic carbocycles. The Morgan fingerprint density at radius 1 is 1.14 bits per heavy atom. The van der Waals surface area contributed by atoms with Crippen LogP contribution in [-0.2, 0) is 20.4 Å².